The molecular formula is C46H32N2. The van der Waals surface area contributed by atoms with Gasteiger partial charge in [0.25, 0.3) is 0 Å². The van der Waals surface area contributed by atoms with Gasteiger partial charge in [0.1, 0.15) is 0 Å². The Balaban J connectivity index is 1.36. The summed E-state index contributed by atoms with van der Waals surface area (Å²) < 4.78 is 4.73. The number of hydrogen-bond donors (Lipinski definition) is 0. The third kappa shape index (κ3) is 3.69. The molecule has 0 fully saturated rings. The van der Waals surface area contributed by atoms with Crippen molar-refractivity contribution in [2.45, 2.75) is 0 Å². The van der Waals surface area contributed by atoms with Crippen LogP contribution >= 0.6 is 0 Å². The fraction of sp³-hybridized carbons (Fsp3) is 0.0435. The lowest BCUT2D eigenvalue weighted by atomic mass is 9.86. The van der Waals surface area contributed by atoms with E-state index in [1.165, 1.54) is 98.5 Å². The molecule has 10 rings (SSSR count). The first-order valence-corrected chi connectivity index (χ1v) is 16.7. The number of aromatic nitrogens is 2. The van der Waals surface area contributed by atoms with Crippen LogP contribution in [-0.2, 0) is 14.1 Å². The third-order valence-corrected chi connectivity index (χ3v) is 10.5. The molecule has 0 amide bonds. The second-order valence-corrected chi connectivity index (χ2v) is 13.0. The normalized spacial score (nSPS) is 12.0. The maximum atomic E-state index is 2.46. The molecule has 2 heterocycles. The van der Waals surface area contributed by atoms with Gasteiger partial charge in [-0.15, -0.1) is 0 Å². The first-order chi connectivity index (χ1) is 23.7. The Morgan fingerprint density at radius 2 is 0.708 bits per heavy atom. The molecule has 8 aromatic carbocycles. The highest BCUT2D eigenvalue weighted by molar-refractivity contribution is 6.22. The summed E-state index contributed by atoms with van der Waals surface area (Å²) in [5, 5.41) is 10.2. The van der Waals surface area contributed by atoms with E-state index in [2.05, 4.69) is 181 Å². The fourth-order valence-corrected chi connectivity index (χ4v) is 8.46. The molecule has 0 spiro atoms. The Kier molecular flexibility index (Phi) is 5.74. The summed E-state index contributed by atoms with van der Waals surface area (Å²) in [6.45, 7) is 0. The molecule has 0 atom stereocenters. The second-order valence-electron chi connectivity index (χ2n) is 13.0. The van der Waals surface area contributed by atoms with Gasteiger partial charge in [0.15, 0.2) is 0 Å². The molecule has 0 aliphatic rings. The van der Waals surface area contributed by atoms with Crippen molar-refractivity contribution in [1.82, 2.24) is 9.13 Å². The highest BCUT2D eigenvalue weighted by Gasteiger charge is 2.20. The first kappa shape index (κ1) is 27.0. The summed E-state index contributed by atoms with van der Waals surface area (Å²) in [6, 6.07) is 58.1. The van der Waals surface area contributed by atoms with Gasteiger partial charge < -0.3 is 9.13 Å². The van der Waals surface area contributed by atoms with Crippen LogP contribution in [0, 0.1) is 0 Å². The lowest BCUT2D eigenvalue weighted by Gasteiger charge is -2.18. The van der Waals surface area contributed by atoms with Crippen LogP contribution in [0.2, 0.25) is 0 Å². The molecule has 2 nitrogen and oxygen atoms in total. The smallest absolute Gasteiger partial charge is 0.0568 e. The topological polar surface area (TPSA) is 9.86 Å². The number of benzene rings is 8. The van der Waals surface area contributed by atoms with Crippen molar-refractivity contribution < 1.29 is 0 Å². The zero-order valence-corrected chi connectivity index (χ0v) is 26.9. The minimum Gasteiger partial charge on any atom is -0.343 e. The SMILES string of the molecule is Cn1c2ccccc2c2cccc(-c3cccc4c(-c5ccccc5)c5cccc(-c6cccc7c8ccccc8n(C)c67)c5cc34)c21. The average Bonchev–Trinajstić information content (AvgIpc) is 3.61. The number of aryl methyl sites for hydroxylation is 2. The molecule has 2 heteroatoms. The molecule has 0 radical (unpaired) electrons. The molecule has 10 aromatic rings. The molecule has 0 unspecified atom stereocenters. The van der Waals surface area contributed by atoms with Crippen molar-refractivity contribution >= 4 is 65.2 Å². The molecule has 0 N–H and O–H groups in total. The predicted octanol–water partition coefficient (Wildman–Crippen LogP) is 12.3. The van der Waals surface area contributed by atoms with Crippen molar-refractivity contribution in [2.75, 3.05) is 0 Å². The van der Waals surface area contributed by atoms with E-state index in [9.17, 15) is 0 Å². The zero-order chi connectivity index (χ0) is 31.9. The maximum absolute atomic E-state index is 2.46. The van der Waals surface area contributed by atoms with Gasteiger partial charge in [-0.05, 0) is 62.0 Å². The van der Waals surface area contributed by atoms with Crippen LogP contribution in [-0.4, -0.2) is 9.13 Å². The quantitative estimate of drug-likeness (QED) is 0.176. The molecular weight excluding hydrogens is 581 g/mol. The summed E-state index contributed by atoms with van der Waals surface area (Å²) >= 11 is 0. The van der Waals surface area contributed by atoms with E-state index >= 15 is 0 Å². The van der Waals surface area contributed by atoms with E-state index in [-0.39, 0.29) is 0 Å². The van der Waals surface area contributed by atoms with E-state index < -0.39 is 0 Å². The van der Waals surface area contributed by atoms with Gasteiger partial charge in [-0.3, -0.25) is 0 Å². The van der Waals surface area contributed by atoms with Crippen LogP contribution in [0.3, 0.4) is 0 Å². The molecule has 0 saturated carbocycles. The number of para-hydroxylation sites is 4. The van der Waals surface area contributed by atoms with Gasteiger partial charge in [-0.1, -0.05) is 140 Å². The van der Waals surface area contributed by atoms with Crippen molar-refractivity contribution in [3.8, 4) is 33.4 Å². The van der Waals surface area contributed by atoms with Crippen LogP contribution in [0.15, 0.2) is 158 Å². The molecule has 0 bridgehead atoms. The molecule has 2 aromatic heterocycles. The molecule has 226 valence electrons. The zero-order valence-electron chi connectivity index (χ0n) is 26.9. The first-order valence-electron chi connectivity index (χ1n) is 16.7. The van der Waals surface area contributed by atoms with Gasteiger partial charge in [0.2, 0.25) is 0 Å². The number of nitrogens with zero attached hydrogens (tertiary/aromatic N) is 2. The van der Waals surface area contributed by atoms with Gasteiger partial charge in [0, 0.05) is 57.8 Å². The van der Waals surface area contributed by atoms with Crippen molar-refractivity contribution in [2.24, 2.45) is 14.1 Å². The number of rotatable bonds is 3. The minimum absolute atomic E-state index is 1.23. The third-order valence-electron chi connectivity index (χ3n) is 10.5. The van der Waals surface area contributed by atoms with E-state index in [0.29, 0.717) is 0 Å². The van der Waals surface area contributed by atoms with E-state index in [4.69, 9.17) is 0 Å². The summed E-state index contributed by atoms with van der Waals surface area (Å²) in [4.78, 5) is 0. The van der Waals surface area contributed by atoms with Crippen LogP contribution in [0.4, 0.5) is 0 Å². The molecule has 48 heavy (non-hydrogen) atoms. The van der Waals surface area contributed by atoms with Crippen molar-refractivity contribution in [3.63, 3.8) is 0 Å². The predicted molar refractivity (Wildman–Crippen MR) is 206 cm³/mol. The Bertz CT molecular complexity index is 2730. The van der Waals surface area contributed by atoms with E-state index in [1.807, 2.05) is 0 Å². The van der Waals surface area contributed by atoms with Gasteiger partial charge in [-0.25, -0.2) is 0 Å². The van der Waals surface area contributed by atoms with Gasteiger partial charge in [-0.2, -0.15) is 0 Å². The summed E-state index contributed by atoms with van der Waals surface area (Å²) in [5.41, 5.74) is 12.5. The lowest BCUT2D eigenvalue weighted by molar-refractivity contribution is 1.02. The van der Waals surface area contributed by atoms with Crippen LogP contribution in [0.25, 0.3) is 98.5 Å². The summed E-state index contributed by atoms with van der Waals surface area (Å²) in [6.07, 6.45) is 0. The van der Waals surface area contributed by atoms with Crippen molar-refractivity contribution in [3.05, 3.63) is 158 Å². The fourth-order valence-electron chi connectivity index (χ4n) is 8.46. The van der Waals surface area contributed by atoms with Crippen molar-refractivity contribution in [1.29, 1.82) is 0 Å². The Morgan fingerprint density at radius 3 is 1.21 bits per heavy atom. The standard InChI is InChI=1S/C46H32N2/c1-47-42-26-8-6-16-32(42)38-24-12-22-36(45(38)47)30-18-10-20-34-40(30)28-41-31(19-11-21-35(41)44(34)29-14-4-3-5-15-29)37-23-13-25-39-33-17-7-9-27-43(33)48(2)46(37)39/h3-28H,1-2H3. The Morgan fingerprint density at radius 1 is 0.312 bits per heavy atom. The highest BCUT2D eigenvalue weighted by Crippen LogP contribution is 2.46. The van der Waals surface area contributed by atoms with Gasteiger partial charge >= 0.3 is 0 Å². The average molecular weight is 613 g/mol. The lowest BCUT2D eigenvalue weighted by Crippen LogP contribution is -1.94. The van der Waals surface area contributed by atoms with E-state index in [0.717, 1.165) is 0 Å². The largest absolute Gasteiger partial charge is 0.343 e. The molecule has 0 aliphatic carbocycles. The molecule has 0 aliphatic heterocycles. The van der Waals surface area contributed by atoms with Crippen LogP contribution in [0.5, 0.6) is 0 Å². The van der Waals surface area contributed by atoms with Crippen LogP contribution in [0.1, 0.15) is 0 Å². The second kappa shape index (κ2) is 10.2. The highest BCUT2D eigenvalue weighted by atomic mass is 14.9. The maximum Gasteiger partial charge on any atom is 0.0568 e. The molecule has 0 saturated heterocycles. The van der Waals surface area contributed by atoms with E-state index in [1.54, 1.807) is 0 Å². The summed E-state index contributed by atoms with van der Waals surface area (Å²) in [5.74, 6) is 0. The Hall–Kier alpha value is -6.12. The number of hydrogen-bond acceptors (Lipinski definition) is 0. The van der Waals surface area contributed by atoms with Gasteiger partial charge in [0.05, 0.1) is 11.0 Å². The number of fused-ring (bicyclic) bond motifs is 8. The van der Waals surface area contributed by atoms with Crippen LogP contribution < -0.4 is 0 Å². The summed E-state index contributed by atoms with van der Waals surface area (Å²) in [7, 11) is 4.40. The Labute approximate surface area is 278 Å². The minimum atomic E-state index is 1.23. The monoisotopic (exact) mass is 612 g/mol.